The highest BCUT2D eigenvalue weighted by Gasteiger charge is 2.60. The van der Waals surface area contributed by atoms with Crippen LogP contribution in [0.4, 0.5) is 10.6 Å². The van der Waals surface area contributed by atoms with Crippen LogP contribution in [-0.2, 0) is 16.0 Å². The number of benzene rings is 1. The van der Waals surface area contributed by atoms with Gasteiger partial charge in [-0.15, -0.1) is 0 Å². The number of hydrogen-bond donors (Lipinski definition) is 2. The van der Waals surface area contributed by atoms with E-state index >= 15 is 0 Å². The topological polar surface area (TPSA) is 98.8 Å². The third kappa shape index (κ3) is 3.42. The van der Waals surface area contributed by atoms with Crippen molar-refractivity contribution in [2.24, 2.45) is 0 Å². The molecule has 1 aliphatic carbocycles. The maximum atomic E-state index is 12.1. The second kappa shape index (κ2) is 6.62. The molecule has 2 aromatic rings. The summed E-state index contributed by atoms with van der Waals surface area (Å²) in [7, 11) is 0. The summed E-state index contributed by atoms with van der Waals surface area (Å²) in [5.41, 5.74) is 1.36. The van der Waals surface area contributed by atoms with Gasteiger partial charge in [-0.3, -0.25) is 4.79 Å². The number of ether oxygens (including phenoxy) is 3. The number of carbonyl (C=O) groups excluding carboxylic acids is 2. The smallest absolute Gasteiger partial charge is 0.408 e. The van der Waals surface area contributed by atoms with Crippen molar-refractivity contribution in [3.63, 3.8) is 0 Å². The Labute approximate surface area is 173 Å². The van der Waals surface area contributed by atoms with E-state index in [1.807, 2.05) is 39.0 Å². The number of carbonyl (C=O) groups is 2. The highest BCUT2D eigenvalue weighted by atomic mass is 16.6. The third-order valence-electron chi connectivity index (χ3n) is 5.34. The summed E-state index contributed by atoms with van der Waals surface area (Å²) in [4.78, 5) is 27.9. The predicted molar refractivity (Wildman–Crippen MR) is 108 cm³/mol. The van der Waals surface area contributed by atoms with Crippen LogP contribution in [-0.4, -0.2) is 34.7 Å². The van der Waals surface area contributed by atoms with Crippen LogP contribution in [0.3, 0.4) is 0 Å². The lowest BCUT2D eigenvalue weighted by molar-refractivity contribution is -0.116. The minimum absolute atomic E-state index is 0.0369. The molecule has 1 fully saturated rings. The molecule has 2 amide bonds. The molecule has 3 heterocycles. The Morgan fingerprint density at radius 2 is 2.10 bits per heavy atom. The zero-order valence-electron chi connectivity index (χ0n) is 17.0. The van der Waals surface area contributed by atoms with Crippen LogP contribution in [0.5, 0.6) is 17.2 Å². The van der Waals surface area contributed by atoms with Gasteiger partial charge in [-0.25, -0.2) is 9.78 Å². The van der Waals surface area contributed by atoms with E-state index in [1.54, 1.807) is 12.3 Å². The first-order chi connectivity index (χ1) is 14.3. The van der Waals surface area contributed by atoms with Gasteiger partial charge in [-0.05, 0) is 51.5 Å². The van der Waals surface area contributed by atoms with Crippen molar-refractivity contribution in [2.75, 3.05) is 5.32 Å². The molecular formula is C22H23N3O5. The first-order valence-corrected chi connectivity index (χ1v) is 10.0. The highest BCUT2D eigenvalue weighted by molar-refractivity contribution is 5.93. The molecule has 0 saturated heterocycles. The van der Waals surface area contributed by atoms with Crippen molar-refractivity contribution in [1.29, 1.82) is 0 Å². The van der Waals surface area contributed by atoms with E-state index in [9.17, 15) is 9.59 Å². The second-order valence-electron chi connectivity index (χ2n) is 8.77. The number of aromatic nitrogens is 1. The van der Waals surface area contributed by atoms with Gasteiger partial charge < -0.3 is 24.8 Å². The van der Waals surface area contributed by atoms with Crippen molar-refractivity contribution >= 4 is 17.8 Å². The van der Waals surface area contributed by atoms with Crippen molar-refractivity contribution in [1.82, 2.24) is 10.3 Å². The SMILES string of the molecule is CC(C)(C)OC(=O)NC1C2Oc3ccc(Oc4ccnc5c4CCC(=O)N5)cc3C12. The van der Waals surface area contributed by atoms with Gasteiger partial charge in [0.15, 0.2) is 0 Å². The van der Waals surface area contributed by atoms with Gasteiger partial charge in [0.05, 0.1) is 12.0 Å². The Bertz CT molecular complexity index is 1050. The Hall–Kier alpha value is -3.29. The summed E-state index contributed by atoms with van der Waals surface area (Å²) in [5, 5.41) is 5.67. The second-order valence-corrected chi connectivity index (χ2v) is 8.77. The molecule has 1 saturated carbocycles. The van der Waals surface area contributed by atoms with E-state index in [0.717, 1.165) is 16.9 Å². The van der Waals surface area contributed by atoms with Gasteiger partial charge in [-0.2, -0.15) is 0 Å². The van der Waals surface area contributed by atoms with Gasteiger partial charge in [0.25, 0.3) is 0 Å². The number of fused-ring (bicyclic) bond motifs is 4. The fourth-order valence-corrected chi connectivity index (χ4v) is 4.00. The average Bonchev–Trinajstić information content (AvgIpc) is 3.16. The molecule has 3 atom stereocenters. The fourth-order valence-electron chi connectivity index (χ4n) is 4.00. The number of alkyl carbamates (subject to hydrolysis) is 1. The fraction of sp³-hybridized carbons (Fsp3) is 0.409. The number of hydrogen-bond acceptors (Lipinski definition) is 6. The molecule has 3 aliphatic rings. The number of amides is 2. The molecule has 1 aromatic carbocycles. The third-order valence-corrected chi connectivity index (χ3v) is 5.34. The lowest BCUT2D eigenvalue weighted by Crippen LogP contribution is -2.36. The van der Waals surface area contributed by atoms with E-state index < -0.39 is 11.7 Å². The van der Waals surface area contributed by atoms with Crippen molar-refractivity contribution < 1.29 is 23.8 Å². The summed E-state index contributed by atoms with van der Waals surface area (Å²) in [6, 6.07) is 7.38. The minimum Gasteiger partial charge on any atom is -0.487 e. The molecule has 0 bridgehead atoms. The quantitative estimate of drug-likeness (QED) is 0.805. The summed E-state index contributed by atoms with van der Waals surface area (Å²) in [6.45, 7) is 5.50. The highest BCUT2D eigenvalue weighted by Crippen LogP contribution is 2.54. The summed E-state index contributed by atoms with van der Waals surface area (Å²) < 4.78 is 17.4. The minimum atomic E-state index is -0.545. The molecule has 156 valence electrons. The molecule has 8 nitrogen and oxygen atoms in total. The molecule has 0 radical (unpaired) electrons. The van der Waals surface area contributed by atoms with Gasteiger partial charge in [0.2, 0.25) is 5.91 Å². The molecular weight excluding hydrogens is 386 g/mol. The van der Waals surface area contributed by atoms with E-state index in [-0.39, 0.29) is 24.0 Å². The number of nitrogens with zero attached hydrogens (tertiary/aromatic N) is 1. The zero-order valence-corrected chi connectivity index (χ0v) is 17.0. The number of anilines is 1. The predicted octanol–water partition coefficient (Wildman–Crippen LogP) is 3.51. The molecule has 3 unspecified atom stereocenters. The molecule has 1 aromatic heterocycles. The van der Waals surface area contributed by atoms with Gasteiger partial charge >= 0.3 is 6.09 Å². The Morgan fingerprint density at radius 3 is 2.90 bits per heavy atom. The van der Waals surface area contributed by atoms with Crippen LogP contribution in [0, 0.1) is 0 Å². The van der Waals surface area contributed by atoms with Crippen LogP contribution < -0.4 is 20.1 Å². The summed E-state index contributed by atoms with van der Waals surface area (Å²) in [6.07, 6.45) is 2.10. The Kier molecular flexibility index (Phi) is 4.13. The molecule has 2 aliphatic heterocycles. The van der Waals surface area contributed by atoms with Gasteiger partial charge in [0.1, 0.15) is 34.8 Å². The zero-order chi connectivity index (χ0) is 21.0. The van der Waals surface area contributed by atoms with E-state index in [4.69, 9.17) is 14.2 Å². The van der Waals surface area contributed by atoms with Gasteiger partial charge in [-0.1, -0.05) is 0 Å². The summed E-state index contributed by atoms with van der Waals surface area (Å²) in [5.74, 6) is 2.76. The standard InChI is InChI=1S/C22H23N3O5/c1-22(2,3)30-21(27)25-18-17-13-10-11(4-6-14(13)29-19(17)18)28-15-8-9-23-20-12(15)5-7-16(26)24-20/h4,6,8-10,17-19H,5,7H2,1-3H3,(H,25,27)(H,23,24,26). The van der Waals surface area contributed by atoms with E-state index in [2.05, 4.69) is 15.6 Å². The molecule has 2 N–H and O–H groups in total. The molecule has 5 rings (SSSR count). The first-order valence-electron chi connectivity index (χ1n) is 10.0. The first kappa shape index (κ1) is 18.7. The van der Waals surface area contributed by atoms with E-state index in [0.29, 0.717) is 30.2 Å². The lowest BCUT2D eigenvalue weighted by Gasteiger charge is -2.20. The Morgan fingerprint density at radius 1 is 1.27 bits per heavy atom. The van der Waals surface area contributed by atoms with Crippen LogP contribution in [0.25, 0.3) is 0 Å². The maximum Gasteiger partial charge on any atom is 0.408 e. The van der Waals surface area contributed by atoms with E-state index in [1.165, 1.54) is 0 Å². The van der Waals surface area contributed by atoms with Crippen LogP contribution >= 0.6 is 0 Å². The van der Waals surface area contributed by atoms with Crippen molar-refractivity contribution in [3.05, 3.63) is 41.6 Å². The maximum absolute atomic E-state index is 12.1. The number of pyridine rings is 1. The Balaban J connectivity index is 1.31. The molecule has 0 spiro atoms. The van der Waals surface area contributed by atoms with Crippen molar-refractivity contribution in [2.45, 2.75) is 57.3 Å². The van der Waals surface area contributed by atoms with Crippen LogP contribution in [0.1, 0.15) is 44.2 Å². The molecule has 30 heavy (non-hydrogen) atoms. The van der Waals surface area contributed by atoms with Gasteiger partial charge in [0, 0.05) is 23.7 Å². The monoisotopic (exact) mass is 409 g/mol. The molecule has 8 heteroatoms. The van der Waals surface area contributed by atoms with Crippen molar-refractivity contribution in [3.8, 4) is 17.2 Å². The lowest BCUT2D eigenvalue weighted by atomic mass is 10.1. The average molecular weight is 409 g/mol. The summed E-state index contributed by atoms with van der Waals surface area (Å²) >= 11 is 0. The normalized spacial score (nSPS) is 23.3. The number of nitrogens with one attached hydrogen (secondary N) is 2. The number of rotatable bonds is 3. The van der Waals surface area contributed by atoms with Crippen LogP contribution in [0.2, 0.25) is 0 Å². The van der Waals surface area contributed by atoms with Crippen LogP contribution in [0.15, 0.2) is 30.5 Å². The largest absolute Gasteiger partial charge is 0.487 e.